The van der Waals surface area contributed by atoms with Crippen molar-refractivity contribution in [3.05, 3.63) is 29.1 Å². The van der Waals surface area contributed by atoms with Crippen LogP contribution in [0.15, 0.2) is 12.1 Å². The van der Waals surface area contributed by atoms with Gasteiger partial charge in [0.05, 0.1) is 17.6 Å². The molecule has 4 heteroatoms. The smallest absolute Gasteiger partial charge is 0.137 e. The number of nitrogens with one attached hydrogen (secondary N) is 2. The van der Waals surface area contributed by atoms with E-state index in [1.807, 2.05) is 0 Å². The van der Waals surface area contributed by atoms with Crippen LogP contribution in [-0.2, 0) is 4.74 Å². The zero-order chi connectivity index (χ0) is 11.8. The van der Waals surface area contributed by atoms with Crippen LogP contribution in [0.1, 0.15) is 23.1 Å². The maximum atomic E-state index is 5.70. The van der Waals surface area contributed by atoms with Crippen molar-refractivity contribution in [2.24, 2.45) is 0 Å². The van der Waals surface area contributed by atoms with Gasteiger partial charge in [-0.3, -0.25) is 0 Å². The van der Waals surface area contributed by atoms with Gasteiger partial charge >= 0.3 is 0 Å². The van der Waals surface area contributed by atoms with Gasteiger partial charge < -0.3 is 15.0 Å². The highest BCUT2D eigenvalue weighted by Gasteiger charge is 2.19. The number of morpholine rings is 1. The number of H-pyrrole nitrogens is 1. The Bertz CT molecular complexity index is 502. The fourth-order valence-electron chi connectivity index (χ4n) is 2.18. The predicted molar refractivity (Wildman–Crippen MR) is 67.1 cm³/mol. The minimum atomic E-state index is 0.0526. The van der Waals surface area contributed by atoms with E-state index in [0.717, 1.165) is 36.6 Å². The standard InChI is InChI=1S/C13H17N3O/c1-8-5-10-11(6-9(8)2)16-13(15-10)12-7-14-3-4-17-12/h5-6,12,14H,3-4,7H2,1-2H3,(H,15,16). The van der Waals surface area contributed by atoms with Crippen LogP contribution in [0.2, 0.25) is 0 Å². The van der Waals surface area contributed by atoms with Crippen molar-refractivity contribution in [1.29, 1.82) is 0 Å². The van der Waals surface area contributed by atoms with Gasteiger partial charge in [-0.1, -0.05) is 0 Å². The summed E-state index contributed by atoms with van der Waals surface area (Å²) in [6.45, 7) is 6.74. The molecule has 90 valence electrons. The van der Waals surface area contributed by atoms with Crippen LogP contribution in [0.4, 0.5) is 0 Å². The topological polar surface area (TPSA) is 49.9 Å². The van der Waals surface area contributed by atoms with Gasteiger partial charge in [0, 0.05) is 13.1 Å². The lowest BCUT2D eigenvalue weighted by Crippen LogP contribution is -2.33. The molecule has 2 heterocycles. The van der Waals surface area contributed by atoms with Crippen LogP contribution in [0, 0.1) is 13.8 Å². The number of rotatable bonds is 1. The first-order valence-corrected chi connectivity index (χ1v) is 6.03. The van der Waals surface area contributed by atoms with Crippen molar-refractivity contribution in [1.82, 2.24) is 15.3 Å². The summed E-state index contributed by atoms with van der Waals surface area (Å²) < 4.78 is 5.70. The molecule has 0 amide bonds. The van der Waals surface area contributed by atoms with E-state index in [9.17, 15) is 0 Å². The lowest BCUT2D eigenvalue weighted by atomic mass is 10.1. The molecule has 1 fully saturated rings. The van der Waals surface area contributed by atoms with Gasteiger partial charge in [0.15, 0.2) is 0 Å². The molecule has 4 nitrogen and oxygen atoms in total. The van der Waals surface area contributed by atoms with E-state index < -0.39 is 0 Å². The van der Waals surface area contributed by atoms with Gasteiger partial charge in [0.2, 0.25) is 0 Å². The van der Waals surface area contributed by atoms with Gasteiger partial charge in [0.1, 0.15) is 11.9 Å². The van der Waals surface area contributed by atoms with Gasteiger partial charge in [0.25, 0.3) is 0 Å². The molecule has 1 unspecified atom stereocenters. The highest BCUT2D eigenvalue weighted by Crippen LogP contribution is 2.22. The lowest BCUT2D eigenvalue weighted by Gasteiger charge is -2.21. The summed E-state index contributed by atoms with van der Waals surface area (Å²) in [5, 5.41) is 3.32. The summed E-state index contributed by atoms with van der Waals surface area (Å²) in [5.41, 5.74) is 4.68. The molecule has 2 N–H and O–H groups in total. The number of aromatic amines is 1. The van der Waals surface area contributed by atoms with Gasteiger partial charge in [-0.15, -0.1) is 0 Å². The third-order valence-corrected chi connectivity index (χ3v) is 3.35. The van der Waals surface area contributed by atoms with E-state index in [0.29, 0.717) is 0 Å². The molecule has 1 aromatic heterocycles. The number of imidazole rings is 1. The average Bonchev–Trinajstić information content (AvgIpc) is 2.74. The van der Waals surface area contributed by atoms with Crippen molar-refractivity contribution in [2.45, 2.75) is 20.0 Å². The van der Waals surface area contributed by atoms with Crippen LogP contribution in [-0.4, -0.2) is 29.7 Å². The minimum Gasteiger partial charge on any atom is -0.368 e. The van der Waals surface area contributed by atoms with E-state index in [4.69, 9.17) is 4.74 Å². The molecule has 3 rings (SSSR count). The van der Waals surface area contributed by atoms with Crippen LogP contribution in [0.3, 0.4) is 0 Å². The van der Waals surface area contributed by atoms with E-state index in [1.165, 1.54) is 11.1 Å². The van der Waals surface area contributed by atoms with E-state index in [1.54, 1.807) is 0 Å². The Hall–Kier alpha value is -1.39. The molecule has 0 aliphatic carbocycles. The first-order chi connectivity index (χ1) is 8.24. The summed E-state index contributed by atoms with van der Waals surface area (Å²) in [4.78, 5) is 7.98. The van der Waals surface area contributed by atoms with Crippen LogP contribution in [0.5, 0.6) is 0 Å². The van der Waals surface area contributed by atoms with Crippen molar-refractivity contribution in [2.75, 3.05) is 19.7 Å². The monoisotopic (exact) mass is 231 g/mol. The summed E-state index contributed by atoms with van der Waals surface area (Å²) in [7, 11) is 0. The van der Waals surface area contributed by atoms with Crippen LogP contribution >= 0.6 is 0 Å². The highest BCUT2D eigenvalue weighted by molar-refractivity contribution is 5.77. The molecule has 0 saturated carbocycles. The first kappa shape index (κ1) is 10.7. The maximum Gasteiger partial charge on any atom is 0.137 e. The summed E-state index contributed by atoms with van der Waals surface area (Å²) >= 11 is 0. The summed E-state index contributed by atoms with van der Waals surface area (Å²) in [6.07, 6.45) is 0.0526. The number of benzene rings is 1. The number of fused-ring (bicyclic) bond motifs is 1. The Balaban J connectivity index is 2.00. The van der Waals surface area contributed by atoms with E-state index in [-0.39, 0.29) is 6.10 Å². The second kappa shape index (κ2) is 4.13. The largest absolute Gasteiger partial charge is 0.368 e. The molecular weight excluding hydrogens is 214 g/mol. The zero-order valence-electron chi connectivity index (χ0n) is 10.2. The van der Waals surface area contributed by atoms with E-state index in [2.05, 4.69) is 41.3 Å². The van der Waals surface area contributed by atoms with Gasteiger partial charge in [-0.25, -0.2) is 4.98 Å². The molecule has 1 atom stereocenters. The molecule has 1 aliphatic rings. The number of ether oxygens (including phenoxy) is 1. The molecule has 1 saturated heterocycles. The third kappa shape index (κ3) is 1.94. The highest BCUT2D eigenvalue weighted by atomic mass is 16.5. The Morgan fingerprint density at radius 1 is 1.29 bits per heavy atom. The Morgan fingerprint density at radius 3 is 2.88 bits per heavy atom. The van der Waals surface area contributed by atoms with Gasteiger partial charge in [-0.05, 0) is 37.1 Å². The van der Waals surface area contributed by atoms with Crippen molar-refractivity contribution >= 4 is 11.0 Å². The number of hydrogen-bond donors (Lipinski definition) is 2. The summed E-state index contributed by atoms with van der Waals surface area (Å²) in [6, 6.07) is 4.28. The molecule has 17 heavy (non-hydrogen) atoms. The SMILES string of the molecule is Cc1cc2nc(C3CNCCO3)[nH]c2cc1C. The number of hydrogen-bond acceptors (Lipinski definition) is 3. The van der Waals surface area contributed by atoms with E-state index >= 15 is 0 Å². The normalized spacial score (nSPS) is 20.9. The minimum absolute atomic E-state index is 0.0526. The third-order valence-electron chi connectivity index (χ3n) is 3.35. The van der Waals surface area contributed by atoms with Crippen LogP contribution < -0.4 is 5.32 Å². The fraction of sp³-hybridized carbons (Fsp3) is 0.462. The maximum absolute atomic E-state index is 5.70. The number of nitrogens with zero attached hydrogens (tertiary/aromatic N) is 1. The first-order valence-electron chi connectivity index (χ1n) is 6.03. The molecule has 1 aromatic carbocycles. The zero-order valence-corrected chi connectivity index (χ0v) is 10.2. The van der Waals surface area contributed by atoms with Gasteiger partial charge in [-0.2, -0.15) is 0 Å². The molecule has 0 bridgehead atoms. The van der Waals surface area contributed by atoms with Crippen molar-refractivity contribution in [3.8, 4) is 0 Å². The van der Waals surface area contributed by atoms with Crippen molar-refractivity contribution in [3.63, 3.8) is 0 Å². The molecule has 0 radical (unpaired) electrons. The molecule has 2 aromatic rings. The Kier molecular flexibility index (Phi) is 2.61. The molecule has 1 aliphatic heterocycles. The lowest BCUT2D eigenvalue weighted by molar-refractivity contribution is 0.0228. The average molecular weight is 231 g/mol. The summed E-state index contributed by atoms with van der Waals surface area (Å²) in [5.74, 6) is 0.928. The van der Waals surface area contributed by atoms with Crippen molar-refractivity contribution < 1.29 is 4.74 Å². The number of aromatic nitrogens is 2. The Morgan fingerprint density at radius 2 is 2.12 bits per heavy atom. The molecule has 0 spiro atoms. The predicted octanol–water partition coefficient (Wildman–Crippen LogP) is 1.84. The quantitative estimate of drug-likeness (QED) is 0.787. The number of aryl methyl sites for hydroxylation is 2. The molecular formula is C13H17N3O. The van der Waals surface area contributed by atoms with Crippen LogP contribution in [0.25, 0.3) is 11.0 Å². The Labute approximate surface area is 100 Å². The second-order valence-corrected chi connectivity index (χ2v) is 4.64. The second-order valence-electron chi connectivity index (χ2n) is 4.64. The fourth-order valence-corrected chi connectivity index (χ4v) is 2.18.